The molecule has 78 valence electrons. The van der Waals surface area contributed by atoms with E-state index >= 15 is 0 Å². The van der Waals surface area contributed by atoms with E-state index in [-0.39, 0.29) is 0 Å². The van der Waals surface area contributed by atoms with Crippen LogP contribution in [-0.4, -0.2) is 13.6 Å². The number of carbonyl (C=O) groups is 1. The molecule has 3 nitrogen and oxygen atoms in total. The molecule has 0 aliphatic rings. The van der Waals surface area contributed by atoms with Crippen molar-refractivity contribution in [2.75, 3.05) is 7.11 Å². The minimum Gasteiger partial charge on any atom is -0.471 e. The van der Waals surface area contributed by atoms with Gasteiger partial charge >= 0.3 is 0 Å². The Hall–Kier alpha value is -2.08. The Balaban J connectivity index is 0.000000423. The van der Waals surface area contributed by atoms with Crippen LogP contribution in [0.3, 0.4) is 0 Å². The molecule has 0 aliphatic carbocycles. The number of hydrogen-bond donors (Lipinski definition) is 0. The predicted molar refractivity (Wildman–Crippen MR) is 58.9 cm³/mol. The molecule has 0 aromatic heterocycles. The number of rotatable bonds is 2. The standard InChI is InChI=1S/C10H9N.C2H4O2/c1-2-4-9-5-3-6-10(7-9)8-11;1-4-2-3/h2-7H,1H3;2H,1H3/b4-2-;. The van der Waals surface area contributed by atoms with Crippen LogP contribution < -0.4 is 0 Å². The van der Waals surface area contributed by atoms with E-state index in [1.807, 2.05) is 37.3 Å². The average molecular weight is 203 g/mol. The van der Waals surface area contributed by atoms with Crippen molar-refractivity contribution in [2.24, 2.45) is 0 Å². The van der Waals surface area contributed by atoms with Crippen LogP contribution in [0, 0.1) is 11.3 Å². The number of ether oxygens (including phenoxy) is 1. The van der Waals surface area contributed by atoms with Gasteiger partial charge in [0.05, 0.1) is 18.7 Å². The molecule has 0 atom stereocenters. The second kappa shape index (κ2) is 8.52. The number of nitriles is 1. The molecular weight excluding hydrogens is 190 g/mol. The fourth-order valence-corrected chi connectivity index (χ4v) is 0.904. The van der Waals surface area contributed by atoms with E-state index in [2.05, 4.69) is 10.8 Å². The van der Waals surface area contributed by atoms with Gasteiger partial charge in [0.15, 0.2) is 0 Å². The van der Waals surface area contributed by atoms with E-state index in [4.69, 9.17) is 10.1 Å². The quantitative estimate of drug-likeness (QED) is 0.693. The summed E-state index contributed by atoms with van der Waals surface area (Å²) >= 11 is 0. The van der Waals surface area contributed by atoms with Gasteiger partial charge in [-0.05, 0) is 24.6 Å². The Morgan fingerprint density at radius 1 is 1.47 bits per heavy atom. The Kier molecular flexibility index (Phi) is 7.33. The Labute approximate surface area is 89.6 Å². The lowest BCUT2D eigenvalue weighted by molar-refractivity contribution is -0.126. The van der Waals surface area contributed by atoms with Crippen molar-refractivity contribution in [3.63, 3.8) is 0 Å². The molecule has 15 heavy (non-hydrogen) atoms. The lowest BCUT2D eigenvalue weighted by Gasteiger charge is -1.91. The molecular formula is C12H13NO2. The van der Waals surface area contributed by atoms with Gasteiger partial charge in [0.25, 0.3) is 6.47 Å². The minimum atomic E-state index is 0.375. The van der Waals surface area contributed by atoms with Gasteiger partial charge < -0.3 is 4.74 Å². The van der Waals surface area contributed by atoms with E-state index in [1.165, 1.54) is 7.11 Å². The third-order valence-electron chi connectivity index (χ3n) is 1.47. The number of methoxy groups -OCH3 is 1. The van der Waals surface area contributed by atoms with Crippen molar-refractivity contribution in [1.29, 1.82) is 5.26 Å². The SMILES string of the molecule is C/C=C\c1cccc(C#N)c1.COC=O. The maximum atomic E-state index is 8.95. The van der Waals surface area contributed by atoms with Gasteiger partial charge in [-0.15, -0.1) is 0 Å². The van der Waals surface area contributed by atoms with Crippen LogP contribution >= 0.6 is 0 Å². The van der Waals surface area contributed by atoms with Crippen molar-refractivity contribution in [2.45, 2.75) is 6.92 Å². The highest BCUT2D eigenvalue weighted by atomic mass is 16.5. The van der Waals surface area contributed by atoms with Crippen LogP contribution in [0.1, 0.15) is 18.1 Å². The molecule has 1 aromatic carbocycles. The van der Waals surface area contributed by atoms with E-state index in [0.29, 0.717) is 12.0 Å². The first-order chi connectivity index (χ1) is 7.28. The van der Waals surface area contributed by atoms with Crippen LogP contribution in [0.25, 0.3) is 6.08 Å². The van der Waals surface area contributed by atoms with Crippen molar-refractivity contribution in [3.8, 4) is 6.07 Å². The number of hydrogen-bond acceptors (Lipinski definition) is 3. The van der Waals surface area contributed by atoms with Gasteiger partial charge in [0, 0.05) is 0 Å². The van der Waals surface area contributed by atoms with Gasteiger partial charge in [-0.3, -0.25) is 4.79 Å². The maximum absolute atomic E-state index is 8.95. The Morgan fingerprint density at radius 3 is 2.60 bits per heavy atom. The van der Waals surface area contributed by atoms with Gasteiger partial charge in [-0.2, -0.15) is 5.26 Å². The fourth-order valence-electron chi connectivity index (χ4n) is 0.904. The first-order valence-corrected chi connectivity index (χ1v) is 4.37. The highest BCUT2D eigenvalue weighted by Crippen LogP contribution is 2.05. The van der Waals surface area contributed by atoms with Gasteiger partial charge in [0.1, 0.15) is 0 Å². The second-order valence-corrected chi connectivity index (χ2v) is 2.57. The van der Waals surface area contributed by atoms with Crippen molar-refractivity contribution < 1.29 is 9.53 Å². The molecule has 1 aromatic rings. The zero-order chi connectivity index (χ0) is 11.5. The van der Waals surface area contributed by atoms with Gasteiger partial charge in [-0.1, -0.05) is 24.3 Å². The zero-order valence-corrected chi connectivity index (χ0v) is 8.81. The average Bonchev–Trinajstić information content (AvgIpc) is 2.30. The molecule has 0 N–H and O–H groups in total. The first-order valence-electron chi connectivity index (χ1n) is 4.37. The van der Waals surface area contributed by atoms with Crippen molar-refractivity contribution >= 4 is 12.5 Å². The normalized spacial score (nSPS) is 8.60. The summed E-state index contributed by atoms with van der Waals surface area (Å²) in [5, 5.41) is 8.56. The summed E-state index contributed by atoms with van der Waals surface area (Å²) in [5.41, 5.74) is 1.78. The molecule has 0 spiro atoms. The molecule has 0 amide bonds. The molecule has 0 saturated heterocycles. The van der Waals surface area contributed by atoms with Crippen LogP contribution in [0.2, 0.25) is 0 Å². The van der Waals surface area contributed by atoms with Crippen LogP contribution in [0.15, 0.2) is 30.3 Å². The summed E-state index contributed by atoms with van der Waals surface area (Å²) < 4.78 is 3.86. The van der Waals surface area contributed by atoms with Crippen molar-refractivity contribution in [1.82, 2.24) is 0 Å². The van der Waals surface area contributed by atoms with Crippen LogP contribution in [-0.2, 0) is 9.53 Å². The lowest BCUT2D eigenvalue weighted by Crippen LogP contribution is -1.74. The molecule has 0 heterocycles. The summed E-state index contributed by atoms with van der Waals surface area (Å²) in [5.74, 6) is 0. The van der Waals surface area contributed by atoms with E-state index in [1.54, 1.807) is 6.07 Å². The summed E-state index contributed by atoms with van der Waals surface area (Å²) in [6.07, 6.45) is 3.93. The highest BCUT2D eigenvalue weighted by molar-refractivity contribution is 5.51. The third-order valence-corrected chi connectivity index (χ3v) is 1.47. The Morgan fingerprint density at radius 2 is 2.13 bits per heavy atom. The maximum Gasteiger partial charge on any atom is 0.292 e. The fraction of sp³-hybridized carbons (Fsp3) is 0.167. The molecule has 0 fully saturated rings. The topological polar surface area (TPSA) is 50.1 Å². The molecule has 3 heteroatoms. The smallest absolute Gasteiger partial charge is 0.292 e. The van der Waals surface area contributed by atoms with Crippen molar-refractivity contribution in [3.05, 3.63) is 41.5 Å². The number of nitrogens with zero attached hydrogens (tertiary/aromatic N) is 1. The van der Waals surface area contributed by atoms with E-state index < -0.39 is 0 Å². The van der Waals surface area contributed by atoms with Gasteiger partial charge in [0.2, 0.25) is 0 Å². The van der Waals surface area contributed by atoms with Gasteiger partial charge in [-0.25, -0.2) is 0 Å². The molecule has 0 bridgehead atoms. The van der Waals surface area contributed by atoms with Crippen LogP contribution in [0.5, 0.6) is 0 Å². The summed E-state index contributed by atoms with van der Waals surface area (Å²) in [4.78, 5) is 8.95. The highest BCUT2D eigenvalue weighted by Gasteiger charge is 1.88. The van der Waals surface area contributed by atoms with Crippen LogP contribution in [0.4, 0.5) is 0 Å². The Bertz CT molecular complexity index is 364. The zero-order valence-electron chi connectivity index (χ0n) is 8.81. The molecule has 0 unspecified atom stereocenters. The lowest BCUT2D eigenvalue weighted by atomic mass is 10.1. The molecule has 1 rings (SSSR count). The third kappa shape index (κ3) is 6.05. The van der Waals surface area contributed by atoms with E-state index in [9.17, 15) is 0 Å². The largest absolute Gasteiger partial charge is 0.471 e. The van der Waals surface area contributed by atoms with E-state index in [0.717, 1.165) is 5.56 Å². The second-order valence-electron chi connectivity index (χ2n) is 2.57. The monoisotopic (exact) mass is 203 g/mol. The number of carbonyl (C=O) groups excluding carboxylic acids is 1. The number of allylic oxidation sites excluding steroid dienone is 1. The summed E-state index contributed by atoms with van der Waals surface area (Å²) in [6, 6.07) is 9.61. The predicted octanol–water partition coefficient (Wildman–Crippen LogP) is 2.38. The molecule has 0 aliphatic heterocycles. The first kappa shape index (κ1) is 12.9. The number of benzene rings is 1. The molecule has 0 saturated carbocycles. The minimum absolute atomic E-state index is 0.375. The summed E-state index contributed by atoms with van der Waals surface area (Å²) in [7, 11) is 1.31. The summed E-state index contributed by atoms with van der Waals surface area (Å²) in [6.45, 7) is 2.33. The molecule has 0 radical (unpaired) electrons.